The Morgan fingerprint density at radius 2 is 1.95 bits per heavy atom. The molecule has 0 aliphatic carbocycles. The first kappa shape index (κ1) is 11.5. The van der Waals surface area contributed by atoms with Crippen LogP contribution in [0.1, 0.15) is 5.56 Å². The van der Waals surface area contributed by atoms with Crippen molar-refractivity contribution in [3.05, 3.63) is 64.2 Å². The van der Waals surface area contributed by atoms with Crippen LogP contribution in [-0.2, 0) is 6.54 Å². The monoisotopic (exact) mass is 256 g/mol. The third kappa shape index (κ3) is 2.22. The molecule has 19 heavy (non-hydrogen) atoms. The molecule has 0 amide bonds. The van der Waals surface area contributed by atoms with E-state index in [1.54, 1.807) is 12.1 Å². The summed E-state index contributed by atoms with van der Waals surface area (Å²) in [4.78, 5) is 12.4. The molecule has 5 heteroatoms. The molecule has 0 spiro atoms. The normalized spacial score (nSPS) is 13.6. The van der Waals surface area contributed by atoms with Gasteiger partial charge in [0.1, 0.15) is 5.75 Å². The smallest absolute Gasteiger partial charge is 0.270 e. The lowest BCUT2D eigenvalue weighted by Gasteiger charge is -2.30. The molecular formula is C14H12N2O3. The Labute approximate surface area is 110 Å². The Morgan fingerprint density at radius 3 is 2.68 bits per heavy atom. The van der Waals surface area contributed by atoms with Gasteiger partial charge in [-0.05, 0) is 18.2 Å². The first-order valence-corrected chi connectivity index (χ1v) is 5.94. The van der Waals surface area contributed by atoms with Crippen LogP contribution in [0.2, 0.25) is 0 Å². The molecular weight excluding hydrogens is 244 g/mol. The molecule has 0 N–H and O–H groups in total. The van der Waals surface area contributed by atoms with Gasteiger partial charge < -0.3 is 9.64 Å². The summed E-state index contributed by atoms with van der Waals surface area (Å²) in [6, 6.07) is 14.6. The molecule has 3 rings (SSSR count). The third-order valence-electron chi connectivity index (χ3n) is 3.11. The van der Waals surface area contributed by atoms with Crippen molar-refractivity contribution in [3.8, 4) is 5.75 Å². The van der Waals surface area contributed by atoms with E-state index in [2.05, 4.69) is 0 Å². The number of fused-ring (bicyclic) bond motifs is 1. The van der Waals surface area contributed by atoms with Crippen LogP contribution < -0.4 is 9.64 Å². The first-order chi connectivity index (χ1) is 9.24. The molecule has 1 aliphatic heterocycles. The minimum atomic E-state index is -0.387. The Kier molecular flexibility index (Phi) is 2.79. The number of nitrogens with zero attached hydrogens (tertiary/aromatic N) is 2. The number of hydrogen-bond acceptors (Lipinski definition) is 4. The lowest BCUT2D eigenvalue weighted by atomic mass is 10.1. The zero-order valence-corrected chi connectivity index (χ0v) is 10.2. The second-order valence-corrected chi connectivity index (χ2v) is 4.36. The zero-order valence-electron chi connectivity index (χ0n) is 10.2. The molecule has 0 radical (unpaired) electrons. The van der Waals surface area contributed by atoms with E-state index >= 15 is 0 Å². The molecule has 1 aliphatic rings. The molecule has 1 heterocycles. The van der Waals surface area contributed by atoms with Crippen molar-refractivity contribution in [2.45, 2.75) is 6.54 Å². The largest absolute Gasteiger partial charge is 0.473 e. The third-order valence-corrected chi connectivity index (χ3v) is 3.11. The van der Waals surface area contributed by atoms with Crippen molar-refractivity contribution in [3.63, 3.8) is 0 Å². The van der Waals surface area contributed by atoms with Gasteiger partial charge in [0.05, 0.1) is 11.5 Å². The fourth-order valence-corrected chi connectivity index (χ4v) is 2.15. The molecule has 0 fully saturated rings. The predicted molar refractivity (Wildman–Crippen MR) is 71.2 cm³/mol. The van der Waals surface area contributed by atoms with Crippen molar-refractivity contribution in [2.75, 3.05) is 11.6 Å². The zero-order chi connectivity index (χ0) is 13.2. The average Bonchev–Trinajstić information content (AvgIpc) is 2.47. The van der Waals surface area contributed by atoms with E-state index in [-0.39, 0.29) is 10.6 Å². The Hall–Kier alpha value is -2.56. The molecule has 0 aromatic heterocycles. The van der Waals surface area contributed by atoms with Gasteiger partial charge in [-0.25, -0.2) is 0 Å². The minimum Gasteiger partial charge on any atom is -0.473 e. The summed E-state index contributed by atoms with van der Waals surface area (Å²) in [6.45, 7) is 1.07. The summed E-state index contributed by atoms with van der Waals surface area (Å²) in [5.74, 6) is 0.720. The van der Waals surface area contributed by atoms with Crippen LogP contribution in [0.15, 0.2) is 48.5 Å². The van der Waals surface area contributed by atoms with E-state index in [0.29, 0.717) is 13.3 Å². The van der Waals surface area contributed by atoms with Crippen LogP contribution in [0.4, 0.5) is 11.4 Å². The lowest BCUT2D eigenvalue weighted by molar-refractivity contribution is -0.384. The molecule has 0 bridgehead atoms. The predicted octanol–water partition coefficient (Wildman–Crippen LogP) is 2.95. The number of para-hydroxylation sites is 1. The summed E-state index contributed by atoms with van der Waals surface area (Å²) in [7, 11) is 0. The van der Waals surface area contributed by atoms with Crippen LogP contribution in [0.25, 0.3) is 0 Å². The number of nitro benzene ring substituents is 1. The Bertz CT molecular complexity index is 613. The van der Waals surface area contributed by atoms with Crippen molar-refractivity contribution < 1.29 is 9.66 Å². The van der Waals surface area contributed by atoms with E-state index in [9.17, 15) is 10.1 Å². The second kappa shape index (κ2) is 4.61. The highest BCUT2D eigenvalue weighted by atomic mass is 16.6. The van der Waals surface area contributed by atoms with Gasteiger partial charge >= 0.3 is 0 Å². The maximum Gasteiger partial charge on any atom is 0.270 e. The number of non-ortho nitro benzene ring substituents is 1. The van der Waals surface area contributed by atoms with E-state index in [0.717, 1.165) is 17.0 Å². The van der Waals surface area contributed by atoms with Crippen molar-refractivity contribution >= 4 is 11.4 Å². The van der Waals surface area contributed by atoms with E-state index < -0.39 is 0 Å². The highest BCUT2D eigenvalue weighted by Crippen LogP contribution is 2.30. The molecule has 2 aromatic rings. The van der Waals surface area contributed by atoms with Crippen LogP contribution in [-0.4, -0.2) is 11.7 Å². The summed E-state index contributed by atoms with van der Waals surface area (Å²) in [6.07, 6.45) is 0. The molecule has 0 saturated heterocycles. The van der Waals surface area contributed by atoms with Crippen LogP contribution in [0, 0.1) is 10.1 Å². The summed E-state index contributed by atoms with van der Waals surface area (Å²) < 4.78 is 5.63. The summed E-state index contributed by atoms with van der Waals surface area (Å²) in [5.41, 5.74) is 1.97. The van der Waals surface area contributed by atoms with Gasteiger partial charge in [-0.2, -0.15) is 0 Å². The highest BCUT2D eigenvalue weighted by Gasteiger charge is 2.20. The van der Waals surface area contributed by atoms with E-state index in [4.69, 9.17) is 4.74 Å². The van der Waals surface area contributed by atoms with Crippen LogP contribution >= 0.6 is 0 Å². The van der Waals surface area contributed by atoms with Crippen LogP contribution in [0.3, 0.4) is 0 Å². The van der Waals surface area contributed by atoms with Crippen molar-refractivity contribution in [1.29, 1.82) is 0 Å². The summed E-state index contributed by atoms with van der Waals surface area (Å²) >= 11 is 0. The van der Waals surface area contributed by atoms with Gasteiger partial charge in [0.15, 0.2) is 6.73 Å². The van der Waals surface area contributed by atoms with Gasteiger partial charge in [0.2, 0.25) is 0 Å². The Morgan fingerprint density at radius 1 is 1.16 bits per heavy atom. The number of hydrogen-bond donors (Lipinski definition) is 0. The van der Waals surface area contributed by atoms with E-state index in [1.807, 2.05) is 35.2 Å². The van der Waals surface area contributed by atoms with Gasteiger partial charge in [-0.3, -0.25) is 10.1 Å². The molecule has 0 saturated carbocycles. The number of anilines is 1. The Balaban J connectivity index is 1.90. The summed E-state index contributed by atoms with van der Waals surface area (Å²) in [5, 5.41) is 10.8. The van der Waals surface area contributed by atoms with Gasteiger partial charge in [0.25, 0.3) is 5.69 Å². The van der Waals surface area contributed by atoms with Gasteiger partial charge in [-0.1, -0.05) is 18.2 Å². The molecule has 5 nitrogen and oxygen atoms in total. The van der Waals surface area contributed by atoms with E-state index in [1.165, 1.54) is 6.07 Å². The van der Waals surface area contributed by atoms with Crippen molar-refractivity contribution in [2.24, 2.45) is 0 Å². The standard InChI is InChI=1S/C14H12N2O3/c17-16(18)13-6-7-14-11(8-13)9-15(10-19-14)12-4-2-1-3-5-12/h1-8H,9-10H2. The number of benzene rings is 2. The van der Waals surface area contributed by atoms with Crippen molar-refractivity contribution in [1.82, 2.24) is 0 Å². The number of rotatable bonds is 2. The number of nitro groups is 1. The average molecular weight is 256 g/mol. The maximum absolute atomic E-state index is 10.8. The maximum atomic E-state index is 10.8. The molecule has 2 aromatic carbocycles. The fraction of sp³-hybridized carbons (Fsp3) is 0.143. The van der Waals surface area contributed by atoms with Gasteiger partial charge in [-0.15, -0.1) is 0 Å². The second-order valence-electron chi connectivity index (χ2n) is 4.36. The lowest BCUT2D eigenvalue weighted by Crippen LogP contribution is -2.31. The van der Waals surface area contributed by atoms with Gasteiger partial charge in [0, 0.05) is 23.4 Å². The molecule has 96 valence electrons. The number of ether oxygens (including phenoxy) is 1. The van der Waals surface area contributed by atoms with Crippen LogP contribution in [0.5, 0.6) is 5.75 Å². The highest BCUT2D eigenvalue weighted by molar-refractivity contribution is 5.52. The quantitative estimate of drug-likeness (QED) is 0.612. The first-order valence-electron chi connectivity index (χ1n) is 5.94. The SMILES string of the molecule is O=[N+]([O-])c1ccc2c(c1)CN(c1ccccc1)CO2. The minimum absolute atomic E-state index is 0.0947. The molecule has 0 unspecified atom stereocenters. The fourth-order valence-electron chi connectivity index (χ4n) is 2.15. The molecule has 0 atom stereocenters. The topological polar surface area (TPSA) is 55.6 Å².